The summed E-state index contributed by atoms with van der Waals surface area (Å²) in [6, 6.07) is 19.0. The van der Waals surface area contributed by atoms with Crippen molar-refractivity contribution in [1.82, 2.24) is 5.32 Å². The lowest BCUT2D eigenvalue weighted by molar-refractivity contribution is -0.127. The molecule has 1 saturated carbocycles. The summed E-state index contributed by atoms with van der Waals surface area (Å²) in [6.45, 7) is 0. The SMILES string of the molecule is COC(=O)c1cccc(N(C(=O)Cc2cccs2)C(C(=O)NC2CCCC2)c2ccccc2)c1. The average molecular weight is 477 g/mol. The molecule has 0 spiro atoms. The zero-order valence-electron chi connectivity index (χ0n) is 19.1. The first-order valence-electron chi connectivity index (χ1n) is 11.4. The molecular weight excluding hydrogens is 448 g/mol. The van der Waals surface area contributed by atoms with Gasteiger partial charge in [0.05, 0.1) is 19.1 Å². The third-order valence-electron chi connectivity index (χ3n) is 6.04. The van der Waals surface area contributed by atoms with Crippen molar-refractivity contribution in [3.8, 4) is 0 Å². The Kier molecular flexibility index (Phi) is 7.75. The van der Waals surface area contributed by atoms with Gasteiger partial charge in [0.25, 0.3) is 0 Å². The second kappa shape index (κ2) is 11.1. The maximum Gasteiger partial charge on any atom is 0.337 e. The summed E-state index contributed by atoms with van der Waals surface area (Å²) in [6.07, 6.45) is 4.20. The van der Waals surface area contributed by atoms with Crippen LogP contribution in [0.4, 0.5) is 5.69 Å². The summed E-state index contributed by atoms with van der Waals surface area (Å²) in [5.41, 5.74) is 1.50. The lowest BCUT2D eigenvalue weighted by atomic mass is 10.0. The molecule has 3 aromatic rings. The third-order valence-corrected chi connectivity index (χ3v) is 6.92. The number of thiophene rings is 1. The molecule has 0 saturated heterocycles. The van der Waals surface area contributed by atoms with E-state index < -0.39 is 12.0 Å². The molecule has 0 aliphatic heterocycles. The molecule has 0 radical (unpaired) electrons. The predicted octanol–water partition coefficient (Wildman–Crippen LogP) is 4.91. The van der Waals surface area contributed by atoms with Crippen LogP contribution in [0.1, 0.15) is 52.5 Å². The zero-order chi connectivity index (χ0) is 23.9. The summed E-state index contributed by atoms with van der Waals surface area (Å²) in [5, 5.41) is 5.09. The minimum Gasteiger partial charge on any atom is -0.465 e. The number of esters is 1. The van der Waals surface area contributed by atoms with E-state index in [2.05, 4.69) is 5.32 Å². The van der Waals surface area contributed by atoms with Crippen molar-refractivity contribution >= 4 is 34.8 Å². The summed E-state index contributed by atoms with van der Waals surface area (Å²) in [5.74, 6) is -0.944. The van der Waals surface area contributed by atoms with Crippen LogP contribution in [0.15, 0.2) is 72.1 Å². The molecule has 1 fully saturated rings. The molecule has 1 N–H and O–H groups in total. The van der Waals surface area contributed by atoms with Gasteiger partial charge in [-0.25, -0.2) is 4.79 Å². The van der Waals surface area contributed by atoms with Gasteiger partial charge < -0.3 is 10.1 Å². The molecule has 1 unspecified atom stereocenters. The minimum absolute atomic E-state index is 0.106. The fourth-order valence-electron chi connectivity index (χ4n) is 4.39. The van der Waals surface area contributed by atoms with E-state index in [1.807, 2.05) is 47.8 Å². The molecule has 176 valence electrons. The number of benzene rings is 2. The first kappa shape index (κ1) is 23.7. The van der Waals surface area contributed by atoms with E-state index in [4.69, 9.17) is 4.74 Å². The van der Waals surface area contributed by atoms with E-state index >= 15 is 0 Å². The zero-order valence-corrected chi connectivity index (χ0v) is 19.9. The number of hydrogen-bond acceptors (Lipinski definition) is 5. The number of hydrogen-bond donors (Lipinski definition) is 1. The van der Waals surface area contributed by atoms with Crippen LogP contribution in [-0.4, -0.2) is 30.9 Å². The first-order chi connectivity index (χ1) is 16.6. The second-order valence-electron chi connectivity index (χ2n) is 8.36. The topological polar surface area (TPSA) is 75.7 Å². The van der Waals surface area contributed by atoms with E-state index in [-0.39, 0.29) is 24.3 Å². The molecule has 1 aliphatic carbocycles. The van der Waals surface area contributed by atoms with Gasteiger partial charge in [-0.2, -0.15) is 0 Å². The summed E-state index contributed by atoms with van der Waals surface area (Å²) >= 11 is 1.50. The van der Waals surface area contributed by atoms with Crippen LogP contribution < -0.4 is 10.2 Å². The molecule has 0 bridgehead atoms. The van der Waals surface area contributed by atoms with Crippen LogP contribution in [0.3, 0.4) is 0 Å². The quantitative estimate of drug-likeness (QED) is 0.469. The summed E-state index contributed by atoms with van der Waals surface area (Å²) in [4.78, 5) is 42.1. The highest BCUT2D eigenvalue weighted by Crippen LogP contribution is 2.31. The van der Waals surface area contributed by atoms with E-state index in [1.54, 1.807) is 24.3 Å². The fraction of sp³-hybridized carbons (Fsp3) is 0.296. The molecule has 1 aromatic heterocycles. The lowest BCUT2D eigenvalue weighted by Gasteiger charge is -2.32. The average Bonchev–Trinajstić information content (AvgIpc) is 3.57. The van der Waals surface area contributed by atoms with Crippen LogP contribution in [-0.2, 0) is 20.7 Å². The number of rotatable bonds is 8. The standard InChI is InChI=1S/C27H28N2O4S/c1-33-27(32)20-11-7-14-22(17-20)29(24(30)18-23-15-8-16-34-23)25(19-9-3-2-4-10-19)26(31)28-21-12-5-6-13-21/h2-4,7-11,14-17,21,25H,5-6,12-13,18H2,1H3,(H,28,31). The van der Waals surface area contributed by atoms with Crippen molar-refractivity contribution < 1.29 is 19.1 Å². The molecule has 7 heteroatoms. The summed E-state index contributed by atoms with van der Waals surface area (Å²) < 4.78 is 4.88. The number of amides is 2. The highest BCUT2D eigenvalue weighted by molar-refractivity contribution is 7.10. The Morgan fingerprint density at radius 2 is 1.79 bits per heavy atom. The molecule has 1 aliphatic rings. The minimum atomic E-state index is -0.873. The number of nitrogens with one attached hydrogen (secondary N) is 1. The Balaban J connectivity index is 1.77. The molecule has 1 atom stereocenters. The van der Waals surface area contributed by atoms with Gasteiger partial charge in [-0.15, -0.1) is 11.3 Å². The van der Waals surface area contributed by atoms with Gasteiger partial charge in [-0.05, 0) is 48.1 Å². The normalized spacial score (nSPS) is 14.4. The van der Waals surface area contributed by atoms with Gasteiger partial charge in [0.15, 0.2) is 0 Å². The Morgan fingerprint density at radius 1 is 1.03 bits per heavy atom. The third kappa shape index (κ3) is 5.54. The van der Waals surface area contributed by atoms with Crippen molar-refractivity contribution in [2.75, 3.05) is 12.0 Å². The molecular formula is C27H28N2O4S. The maximum absolute atomic E-state index is 13.8. The molecule has 2 amide bonds. The smallest absolute Gasteiger partial charge is 0.337 e. The highest BCUT2D eigenvalue weighted by atomic mass is 32.1. The van der Waals surface area contributed by atoms with Crippen molar-refractivity contribution in [1.29, 1.82) is 0 Å². The molecule has 34 heavy (non-hydrogen) atoms. The van der Waals surface area contributed by atoms with Crippen LogP contribution in [0, 0.1) is 0 Å². The Morgan fingerprint density at radius 3 is 2.47 bits per heavy atom. The van der Waals surface area contributed by atoms with Crippen molar-refractivity contribution in [2.24, 2.45) is 0 Å². The predicted molar refractivity (Wildman–Crippen MR) is 133 cm³/mol. The Labute approximate surface area is 203 Å². The molecule has 4 rings (SSSR count). The van der Waals surface area contributed by atoms with Gasteiger partial charge in [0.1, 0.15) is 6.04 Å². The second-order valence-corrected chi connectivity index (χ2v) is 9.40. The lowest BCUT2D eigenvalue weighted by Crippen LogP contribution is -2.46. The van der Waals surface area contributed by atoms with Crippen LogP contribution in [0.5, 0.6) is 0 Å². The summed E-state index contributed by atoms with van der Waals surface area (Å²) in [7, 11) is 1.32. The van der Waals surface area contributed by atoms with E-state index in [1.165, 1.54) is 23.3 Å². The Hall–Kier alpha value is -3.45. The van der Waals surface area contributed by atoms with Gasteiger partial charge in [0, 0.05) is 16.6 Å². The largest absolute Gasteiger partial charge is 0.465 e. The molecule has 6 nitrogen and oxygen atoms in total. The van der Waals surface area contributed by atoms with E-state index in [0.717, 1.165) is 30.6 Å². The van der Waals surface area contributed by atoms with Gasteiger partial charge >= 0.3 is 5.97 Å². The van der Waals surface area contributed by atoms with Crippen LogP contribution in [0.25, 0.3) is 0 Å². The number of ether oxygens (including phenoxy) is 1. The fourth-order valence-corrected chi connectivity index (χ4v) is 5.08. The van der Waals surface area contributed by atoms with Crippen molar-refractivity contribution in [2.45, 2.75) is 44.2 Å². The van der Waals surface area contributed by atoms with E-state index in [0.29, 0.717) is 16.8 Å². The van der Waals surface area contributed by atoms with Crippen LogP contribution in [0.2, 0.25) is 0 Å². The number of methoxy groups -OCH3 is 1. The van der Waals surface area contributed by atoms with E-state index in [9.17, 15) is 14.4 Å². The van der Waals surface area contributed by atoms with Gasteiger partial charge in [-0.3, -0.25) is 14.5 Å². The van der Waals surface area contributed by atoms with Crippen molar-refractivity contribution in [3.05, 3.63) is 88.1 Å². The highest BCUT2D eigenvalue weighted by Gasteiger charge is 2.34. The number of carbonyl (C=O) groups is 3. The number of anilines is 1. The van der Waals surface area contributed by atoms with Gasteiger partial charge in [-0.1, -0.05) is 55.3 Å². The molecule has 2 aromatic carbocycles. The monoisotopic (exact) mass is 476 g/mol. The number of nitrogens with zero attached hydrogens (tertiary/aromatic N) is 1. The number of carbonyl (C=O) groups excluding carboxylic acids is 3. The maximum atomic E-state index is 13.8. The van der Waals surface area contributed by atoms with Crippen LogP contribution >= 0.6 is 11.3 Å². The molecule has 1 heterocycles. The van der Waals surface area contributed by atoms with Gasteiger partial charge in [0.2, 0.25) is 11.8 Å². The first-order valence-corrected chi connectivity index (χ1v) is 12.3. The Bertz CT molecular complexity index is 1120. The van der Waals surface area contributed by atoms with Crippen molar-refractivity contribution in [3.63, 3.8) is 0 Å².